The van der Waals surface area contributed by atoms with Gasteiger partial charge in [0, 0.05) is 23.7 Å². The van der Waals surface area contributed by atoms with Gasteiger partial charge < -0.3 is 9.64 Å². The molecular weight excluding hydrogens is 309 g/mol. The summed E-state index contributed by atoms with van der Waals surface area (Å²) in [5.74, 6) is -1.28. The molecule has 0 radical (unpaired) electrons. The first kappa shape index (κ1) is 16.7. The molecule has 2 rings (SSSR count). The Balaban J connectivity index is 2.02. The third-order valence-electron chi connectivity index (χ3n) is 3.78. The maximum absolute atomic E-state index is 13.8. The highest BCUT2D eigenvalue weighted by atomic mass is 35.5. The molecule has 1 aromatic rings. The van der Waals surface area contributed by atoms with Crippen molar-refractivity contribution in [2.75, 3.05) is 19.7 Å². The summed E-state index contributed by atoms with van der Waals surface area (Å²) in [4.78, 5) is 25.7. The van der Waals surface area contributed by atoms with Crippen molar-refractivity contribution in [1.29, 1.82) is 0 Å². The van der Waals surface area contributed by atoms with Crippen LogP contribution in [0.25, 0.3) is 0 Å². The topological polar surface area (TPSA) is 46.6 Å². The lowest BCUT2D eigenvalue weighted by atomic mass is 9.97. The molecule has 120 valence electrons. The van der Waals surface area contributed by atoms with Gasteiger partial charge in [-0.25, -0.2) is 4.39 Å². The number of amides is 1. The first-order chi connectivity index (χ1) is 10.5. The van der Waals surface area contributed by atoms with Crippen LogP contribution in [-0.2, 0) is 20.7 Å². The highest BCUT2D eigenvalue weighted by molar-refractivity contribution is 6.31. The number of hydrogen-bond donors (Lipinski definition) is 0. The molecule has 1 fully saturated rings. The first-order valence-electron chi connectivity index (χ1n) is 7.40. The van der Waals surface area contributed by atoms with Crippen LogP contribution in [0.1, 0.15) is 25.3 Å². The SMILES string of the molecule is CCOC(=O)[C@@H]1CCCN(C(=O)Cc2c(F)cccc2Cl)C1. The Morgan fingerprint density at radius 1 is 1.45 bits per heavy atom. The molecule has 1 heterocycles. The van der Waals surface area contributed by atoms with Gasteiger partial charge in [-0.1, -0.05) is 17.7 Å². The van der Waals surface area contributed by atoms with Gasteiger partial charge in [0.2, 0.25) is 5.91 Å². The normalized spacial score (nSPS) is 18.1. The molecule has 0 saturated carbocycles. The zero-order valence-electron chi connectivity index (χ0n) is 12.5. The van der Waals surface area contributed by atoms with Gasteiger partial charge in [-0.05, 0) is 31.9 Å². The summed E-state index contributed by atoms with van der Waals surface area (Å²) in [5.41, 5.74) is 0.201. The summed E-state index contributed by atoms with van der Waals surface area (Å²) in [6, 6.07) is 4.35. The zero-order chi connectivity index (χ0) is 16.1. The lowest BCUT2D eigenvalue weighted by molar-refractivity contribution is -0.151. The predicted molar refractivity (Wildman–Crippen MR) is 81.1 cm³/mol. The van der Waals surface area contributed by atoms with Crippen LogP contribution in [0.3, 0.4) is 0 Å². The number of benzene rings is 1. The van der Waals surface area contributed by atoms with Gasteiger partial charge in [0.05, 0.1) is 18.9 Å². The van der Waals surface area contributed by atoms with Gasteiger partial charge in [-0.2, -0.15) is 0 Å². The zero-order valence-corrected chi connectivity index (χ0v) is 13.2. The van der Waals surface area contributed by atoms with Crippen molar-refractivity contribution in [2.24, 2.45) is 5.92 Å². The average Bonchev–Trinajstić information content (AvgIpc) is 2.51. The molecule has 22 heavy (non-hydrogen) atoms. The molecule has 1 saturated heterocycles. The molecule has 1 aliphatic rings. The van der Waals surface area contributed by atoms with Crippen LogP contribution in [0.2, 0.25) is 5.02 Å². The Morgan fingerprint density at radius 3 is 2.91 bits per heavy atom. The number of rotatable bonds is 4. The molecule has 1 aliphatic heterocycles. The monoisotopic (exact) mass is 327 g/mol. The smallest absolute Gasteiger partial charge is 0.310 e. The third kappa shape index (κ3) is 3.97. The first-order valence-corrected chi connectivity index (χ1v) is 7.78. The minimum Gasteiger partial charge on any atom is -0.466 e. The molecule has 0 unspecified atom stereocenters. The predicted octanol–water partition coefficient (Wildman–Crippen LogP) is 2.82. The average molecular weight is 328 g/mol. The van der Waals surface area contributed by atoms with Crippen molar-refractivity contribution in [3.05, 3.63) is 34.6 Å². The van der Waals surface area contributed by atoms with Gasteiger partial charge in [-0.3, -0.25) is 9.59 Å². The second-order valence-electron chi connectivity index (χ2n) is 5.31. The Bertz CT molecular complexity index is 544. The van der Waals surface area contributed by atoms with Gasteiger partial charge >= 0.3 is 5.97 Å². The van der Waals surface area contributed by atoms with E-state index in [0.717, 1.165) is 6.42 Å². The summed E-state index contributed by atoms with van der Waals surface area (Å²) < 4.78 is 18.8. The molecule has 0 aromatic heterocycles. The highest BCUT2D eigenvalue weighted by Crippen LogP contribution is 2.22. The fourth-order valence-corrected chi connectivity index (χ4v) is 2.85. The second kappa shape index (κ2) is 7.58. The van der Waals surface area contributed by atoms with E-state index in [4.69, 9.17) is 16.3 Å². The van der Waals surface area contributed by atoms with Crippen molar-refractivity contribution >= 4 is 23.5 Å². The van der Waals surface area contributed by atoms with E-state index >= 15 is 0 Å². The molecule has 1 atom stereocenters. The fraction of sp³-hybridized carbons (Fsp3) is 0.500. The molecule has 0 N–H and O–H groups in total. The van der Waals surface area contributed by atoms with Gasteiger partial charge in [0.15, 0.2) is 0 Å². The minimum atomic E-state index is -0.486. The molecule has 6 heteroatoms. The highest BCUT2D eigenvalue weighted by Gasteiger charge is 2.29. The number of hydrogen-bond acceptors (Lipinski definition) is 3. The fourth-order valence-electron chi connectivity index (χ4n) is 2.62. The molecule has 1 amide bonds. The maximum atomic E-state index is 13.8. The molecule has 0 bridgehead atoms. The van der Waals surface area contributed by atoms with Crippen LogP contribution >= 0.6 is 11.6 Å². The van der Waals surface area contributed by atoms with Crippen LogP contribution < -0.4 is 0 Å². The Morgan fingerprint density at radius 2 is 2.23 bits per heavy atom. The summed E-state index contributed by atoms with van der Waals surface area (Å²) in [7, 11) is 0. The van der Waals surface area contributed by atoms with Crippen molar-refractivity contribution < 1.29 is 18.7 Å². The number of nitrogens with zero attached hydrogens (tertiary/aromatic N) is 1. The van der Waals surface area contributed by atoms with E-state index in [1.54, 1.807) is 17.9 Å². The number of likely N-dealkylation sites (tertiary alicyclic amines) is 1. The van der Waals surface area contributed by atoms with Gasteiger partial charge in [0.1, 0.15) is 5.82 Å². The van der Waals surface area contributed by atoms with Crippen molar-refractivity contribution in [2.45, 2.75) is 26.2 Å². The van der Waals surface area contributed by atoms with Crippen LogP contribution in [0.4, 0.5) is 4.39 Å². The van der Waals surface area contributed by atoms with E-state index in [2.05, 4.69) is 0 Å². The molecular formula is C16H19ClFNO3. The summed E-state index contributed by atoms with van der Waals surface area (Å²) >= 11 is 5.95. The van der Waals surface area contributed by atoms with Crippen LogP contribution in [-0.4, -0.2) is 36.5 Å². The Kier molecular flexibility index (Phi) is 5.77. The van der Waals surface area contributed by atoms with Crippen LogP contribution in [0.15, 0.2) is 18.2 Å². The summed E-state index contributed by atoms with van der Waals surface area (Å²) in [5, 5.41) is 0.243. The van der Waals surface area contributed by atoms with E-state index in [1.807, 2.05) is 0 Å². The maximum Gasteiger partial charge on any atom is 0.310 e. The Labute approximate surface area is 134 Å². The minimum absolute atomic E-state index is 0.0962. The number of halogens is 2. The Hall–Kier alpha value is -1.62. The lowest BCUT2D eigenvalue weighted by Gasteiger charge is -2.31. The van der Waals surface area contributed by atoms with E-state index in [0.29, 0.717) is 26.1 Å². The van der Waals surface area contributed by atoms with E-state index < -0.39 is 5.82 Å². The largest absolute Gasteiger partial charge is 0.466 e. The van der Waals surface area contributed by atoms with Crippen LogP contribution in [0.5, 0.6) is 0 Å². The van der Waals surface area contributed by atoms with E-state index in [1.165, 1.54) is 12.1 Å². The van der Waals surface area contributed by atoms with E-state index in [-0.39, 0.29) is 34.8 Å². The molecule has 4 nitrogen and oxygen atoms in total. The standard InChI is InChI=1S/C16H19ClFNO3/c1-2-22-16(21)11-5-4-8-19(10-11)15(20)9-12-13(17)6-3-7-14(12)18/h3,6-7,11H,2,4-5,8-10H2,1H3/t11-/m1/s1. The van der Waals surface area contributed by atoms with Crippen molar-refractivity contribution in [3.63, 3.8) is 0 Å². The van der Waals surface area contributed by atoms with E-state index in [9.17, 15) is 14.0 Å². The van der Waals surface area contributed by atoms with Gasteiger partial charge in [0.25, 0.3) is 0 Å². The second-order valence-corrected chi connectivity index (χ2v) is 5.72. The number of carbonyl (C=O) groups excluding carboxylic acids is 2. The molecule has 0 spiro atoms. The van der Waals surface area contributed by atoms with Crippen LogP contribution in [0, 0.1) is 11.7 Å². The number of carbonyl (C=O) groups is 2. The lowest BCUT2D eigenvalue weighted by Crippen LogP contribution is -2.43. The van der Waals surface area contributed by atoms with Crippen molar-refractivity contribution in [3.8, 4) is 0 Å². The molecule has 0 aliphatic carbocycles. The molecule has 1 aromatic carbocycles. The van der Waals surface area contributed by atoms with Gasteiger partial charge in [-0.15, -0.1) is 0 Å². The number of piperidine rings is 1. The number of ether oxygens (including phenoxy) is 1. The third-order valence-corrected chi connectivity index (χ3v) is 4.14. The van der Waals surface area contributed by atoms with Crippen molar-refractivity contribution in [1.82, 2.24) is 4.90 Å². The number of esters is 1. The summed E-state index contributed by atoms with van der Waals surface area (Å²) in [6.07, 6.45) is 1.35. The summed E-state index contributed by atoms with van der Waals surface area (Å²) in [6.45, 7) is 2.97. The quantitative estimate of drug-likeness (QED) is 0.799.